The Kier molecular flexibility index (Phi) is 5.81. The molecule has 1 N–H and O–H groups in total. The van der Waals surface area contributed by atoms with Gasteiger partial charge >= 0.3 is 0 Å². The molecule has 1 aromatic carbocycles. The molecule has 0 amide bonds. The van der Waals surface area contributed by atoms with Crippen LogP contribution in [0.2, 0.25) is 5.15 Å². The fourth-order valence-corrected chi connectivity index (χ4v) is 3.03. The van der Waals surface area contributed by atoms with Gasteiger partial charge in [-0.1, -0.05) is 23.7 Å². The molecule has 3 aromatic rings. The minimum absolute atomic E-state index is 0.0902. The first-order valence-corrected chi connectivity index (χ1v) is 10.3. The van der Waals surface area contributed by atoms with Gasteiger partial charge in [-0.05, 0) is 24.3 Å². The molecule has 0 bridgehead atoms. The average Bonchev–Trinajstić information content (AvgIpc) is 2.69. The summed E-state index contributed by atoms with van der Waals surface area (Å²) in [7, 11) is -2.24. The van der Waals surface area contributed by atoms with E-state index in [-0.39, 0.29) is 28.2 Å². The van der Waals surface area contributed by atoms with E-state index >= 15 is 0 Å². The van der Waals surface area contributed by atoms with Crippen LogP contribution in [0.1, 0.15) is 5.69 Å². The second-order valence-electron chi connectivity index (χ2n) is 5.68. The zero-order valence-electron chi connectivity index (χ0n) is 15.2. The van der Waals surface area contributed by atoms with E-state index in [4.69, 9.17) is 26.3 Å². The van der Waals surface area contributed by atoms with Crippen molar-refractivity contribution in [3.8, 4) is 34.7 Å². The van der Waals surface area contributed by atoms with Crippen LogP contribution in [0.25, 0.3) is 11.4 Å². The molecule has 0 aliphatic heterocycles. The van der Waals surface area contributed by atoms with E-state index in [0.29, 0.717) is 17.1 Å². The van der Waals surface area contributed by atoms with Crippen LogP contribution in [0.4, 0.5) is 5.82 Å². The van der Waals surface area contributed by atoms with Crippen LogP contribution in [-0.4, -0.2) is 36.7 Å². The monoisotopic (exact) mass is 431 g/mol. The first kappa shape index (κ1) is 20.3. The Morgan fingerprint density at radius 3 is 2.55 bits per heavy atom. The lowest BCUT2D eigenvalue weighted by Gasteiger charge is -2.15. The molecule has 0 spiro atoms. The summed E-state index contributed by atoms with van der Waals surface area (Å²) in [6.45, 7) is 0. The number of nitrogens with one attached hydrogen (secondary N) is 1. The van der Waals surface area contributed by atoms with Crippen LogP contribution in [0, 0.1) is 11.3 Å². The van der Waals surface area contributed by atoms with Gasteiger partial charge in [0.2, 0.25) is 15.8 Å². The topological polar surface area (TPSA) is 127 Å². The first-order valence-electron chi connectivity index (χ1n) is 8.03. The SMILES string of the molecule is COc1ccccc1Oc1c(Cl)nc(-c2ccnc(C#N)c2)nc1NS(C)(=O)=O. The number of ether oxygens (including phenoxy) is 2. The number of pyridine rings is 1. The predicted octanol–water partition coefficient (Wildman–Crippen LogP) is 3.24. The molecule has 2 aromatic heterocycles. The molecule has 148 valence electrons. The van der Waals surface area contributed by atoms with Crippen molar-refractivity contribution in [2.45, 2.75) is 0 Å². The van der Waals surface area contributed by atoms with E-state index in [9.17, 15) is 8.42 Å². The highest BCUT2D eigenvalue weighted by Crippen LogP contribution is 2.39. The highest BCUT2D eigenvalue weighted by atomic mass is 35.5. The molecule has 0 atom stereocenters. The van der Waals surface area contributed by atoms with Crippen molar-refractivity contribution >= 4 is 27.4 Å². The number of anilines is 1. The van der Waals surface area contributed by atoms with Crippen LogP contribution in [0.3, 0.4) is 0 Å². The quantitative estimate of drug-likeness (QED) is 0.589. The number of hydrogen-bond donors (Lipinski definition) is 1. The van der Waals surface area contributed by atoms with Crippen molar-refractivity contribution in [1.82, 2.24) is 15.0 Å². The standard InChI is InChI=1S/C18H14ClN5O4S/c1-27-13-5-3-4-6-14(13)28-15-16(19)22-17(23-18(15)24-29(2,25)26)11-7-8-21-12(9-11)10-20/h3-9H,1-2H3,(H,22,23,24). The predicted molar refractivity (Wildman–Crippen MR) is 107 cm³/mol. The van der Waals surface area contributed by atoms with Gasteiger partial charge in [0.25, 0.3) is 0 Å². The van der Waals surface area contributed by atoms with Crippen LogP contribution < -0.4 is 14.2 Å². The smallest absolute Gasteiger partial charge is 0.231 e. The van der Waals surface area contributed by atoms with Crippen molar-refractivity contribution in [3.63, 3.8) is 0 Å². The van der Waals surface area contributed by atoms with Crippen LogP contribution in [0.15, 0.2) is 42.6 Å². The summed E-state index contributed by atoms with van der Waals surface area (Å²) in [5.41, 5.74) is 0.577. The summed E-state index contributed by atoms with van der Waals surface area (Å²) in [4.78, 5) is 12.3. The fraction of sp³-hybridized carbons (Fsp3) is 0.111. The van der Waals surface area contributed by atoms with E-state index in [2.05, 4.69) is 19.7 Å². The molecule has 0 radical (unpaired) electrons. The normalized spacial score (nSPS) is 10.8. The number of benzene rings is 1. The van der Waals surface area contributed by atoms with Crippen molar-refractivity contribution in [3.05, 3.63) is 53.4 Å². The van der Waals surface area contributed by atoms with Gasteiger partial charge in [-0.3, -0.25) is 4.72 Å². The fourth-order valence-electron chi connectivity index (χ4n) is 2.33. The molecule has 0 saturated heterocycles. The lowest BCUT2D eigenvalue weighted by molar-refractivity contribution is 0.378. The third kappa shape index (κ3) is 4.90. The lowest BCUT2D eigenvalue weighted by atomic mass is 10.2. The summed E-state index contributed by atoms with van der Waals surface area (Å²) in [6.07, 6.45) is 2.38. The number of sulfonamides is 1. The number of halogens is 1. The van der Waals surface area contributed by atoms with Gasteiger partial charge in [0.05, 0.1) is 13.4 Å². The lowest BCUT2D eigenvalue weighted by Crippen LogP contribution is -2.13. The molecule has 3 rings (SSSR count). The van der Waals surface area contributed by atoms with Crippen LogP contribution in [-0.2, 0) is 10.0 Å². The molecule has 0 saturated carbocycles. The molecule has 0 fully saturated rings. The highest BCUT2D eigenvalue weighted by Gasteiger charge is 2.20. The number of para-hydroxylation sites is 2. The van der Waals surface area contributed by atoms with Crippen LogP contribution in [0.5, 0.6) is 17.2 Å². The maximum atomic E-state index is 11.8. The van der Waals surface area contributed by atoms with Gasteiger partial charge < -0.3 is 9.47 Å². The molecule has 2 heterocycles. The molecule has 29 heavy (non-hydrogen) atoms. The Balaban J connectivity index is 2.14. The summed E-state index contributed by atoms with van der Waals surface area (Å²) in [5, 5.41) is 8.89. The maximum Gasteiger partial charge on any atom is 0.231 e. The molecule has 9 nitrogen and oxygen atoms in total. The maximum absolute atomic E-state index is 11.8. The minimum atomic E-state index is -3.71. The van der Waals surface area contributed by atoms with Crippen molar-refractivity contribution in [1.29, 1.82) is 5.26 Å². The molecule has 0 aliphatic rings. The third-order valence-corrected chi connectivity index (χ3v) is 4.34. The Hall–Kier alpha value is -3.42. The number of methoxy groups -OCH3 is 1. The van der Waals surface area contributed by atoms with E-state index in [0.717, 1.165) is 6.26 Å². The van der Waals surface area contributed by atoms with Gasteiger partial charge in [-0.2, -0.15) is 5.26 Å². The number of nitrogens with zero attached hydrogens (tertiary/aromatic N) is 4. The summed E-state index contributed by atoms with van der Waals surface area (Å²) in [6, 6.07) is 11.7. The number of nitriles is 1. The minimum Gasteiger partial charge on any atom is -0.493 e. The Labute approximate surface area is 172 Å². The summed E-state index contributed by atoms with van der Waals surface area (Å²) >= 11 is 6.30. The highest BCUT2D eigenvalue weighted by molar-refractivity contribution is 7.92. The van der Waals surface area contributed by atoms with Gasteiger partial charge in [-0.15, -0.1) is 0 Å². The number of hydrogen-bond acceptors (Lipinski definition) is 8. The van der Waals surface area contributed by atoms with E-state index in [1.807, 2.05) is 6.07 Å². The Bertz CT molecular complexity index is 1210. The molecular formula is C18H14ClN5O4S. The zero-order valence-corrected chi connectivity index (χ0v) is 16.8. The molecule has 11 heteroatoms. The van der Waals surface area contributed by atoms with Crippen molar-refractivity contribution < 1.29 is 17.9 Å². The summed E-state index contributed by atoms with van der Waals surface area (Å²) in [5.74, 6) is 0.530. The van der Waals surface area contributed by atoms with Crippen molar-refractivity contribution in [2.24, 2.45) is 0 Å². The zero-order chi connectivity index (χ0) is 21.0. The van der Waals surface area contributed by atoms with Crippen LogP contribution >= 0.6 is 11.6 Å². The first-order chi connectivity index (χ1) is 13.8. The van der Waals surface area contributed by atoms with Crippen molar-refractivity contribution in [2.75, 3.05) is 18.1 Å². The van der Waals surface area contributed by atoms with Gasteiger partial charge in [0.1, 0.15) is 11.8 Å². The Morgan fingerprint density at radius 2 is 1.90 bits per heavy atom. The average molecular weight is 432 g/mol. The van der Waals surface area contributed by atoms with Gasteiger partial charge in [0.15, 0.2) is 28.3 Å². The van der Waals surface area contributed by atoms with E-state index in [1.165, 1.54) is 19.4 Å². The Morgan fingerprint density at radius 1 is 1.17 bits per heavy atom. The van der Waals surface area contributed by atoms with Gasteiger partial charge in [-0.25, -0.2) is 23.4 Å². The number of rotatable bonds is 6. The molecular weight excluding hydrogens is 418 g/mol. The third-order valence-electron chi connectivity index (χ3n) is 3.52. The summed E-state index contributed by atoms with van der Waals surface area (Å²) < 4.78 is 37.0. The number of aromatic nitrogens is 3. The molecule has 0 aliphatic carbocycles. The molecule has 0 unspecified atom stereocenters. The second kappa shape index (κ2) is 8.30. The van der Waals surface area contributed by atoms with Gasteiger partial charge in [0, 0.05) is 11.8 Å². The second-order valence-corrected chi connectivity index (χ2v) is 7.79. The largest absolute Gasteiger partial charge is 0.493 e. The van der Waals surface area contributed by atoms with E-state index in [1.54, 1.807) is 30.3 Å². The van der Waals surface area contributed by atoms with E-state index < -0.39 is 10.0 Å².